The predicted molar refractivity (Wildman–Crippen MR) is 131 cm³/mol. The number of hydrogen-bond donors (Lipinski definition) is 2. The second-order valence-electron chi connectivity index (χ2n) is 7.05. The number of thiazole rings is 1. The third-order valence-electron chi connectivity index (χ3n) is 4.84. The van der Waals surface area contributed by atoms with Crippen LogP contribution in [0, 0.1) is 13.8 Å². The van der Waals surface area contributed by atoms with Crippen molar-refractivity contribution in [2.24, 2.45) is 0 Å². The Morgan fingerprint density at radius 1 is 1.00 bits per heavy atom. The van der Waals surface area contributed by atoms with Crippen molar-refractivity contribution >= 4 is 80.4 Å². The monoisotopic (exact) mass is 520 g/mol. The van der Waals surface area contributed by atoms with Gasteiger partial charge in [0.25, 0.3) is 17.7 Å². The number of amides is 3. The molecule has 0 unspecified atom stereocenters. The lowest BCUT2D eigenvalue weighted by Crippen LogP contribution is -2.32. The van der Waals surface area contributed by atoms with Gasteiger partial charge in [0.05, 0.1) is 16.4 Å². The smallest absolute Gasteiger partial charge is 0.283 e. The van der Waals surface area contributed by atoms with Crippen molar-refractivity contribution in [1.29, 1.82) is 0 Å². The summed E-state index contributed by atoms with van der Waals surface area (Å²) in [5, 5.41) is 6.32. The predicted octanol–water partition coefficient (Wildman–Crippen LogP) is 5.75. The van der Waals surface area contributed by atoms with Crippen LogP contribution in [-0.2, 0) is 9.59 Å². The van der Waals surface area contributed by atoms with E-state index in [1.165, 1.54) is 23.5 Å². The van der Waals surface area contributed by atoms with E-state index in [4.69, 9.17) is 34.8 Å². The highest BCUT2D eigenvalue weighted by Gasteiger charge is 2.40. The molecule has 1 aliphatic heterocycles. The Morgan fingerprint density at radius 2 is 1.70 bits per heavy atom. The van der Waals surface area contributed by atoms with Crippen LogP contribution >= 0.6 is 46.1 Å². The van der Waals surface area contributed by atoms with Crippen LogP contribution in [0.4, 0.5) is 16.5 Å². The lowest BCUT2D eigenvalue weighted by Gasteiger charge is -2.17. The maximum atomic E-state index is 12.9. The fourth-order valence-corrected chi connectivity index (χ4v) is 4.42. The van der Waals surface area contributed by atoms with Crippen molar-refractivity contribution in [3.05, 3.63) is 79.4 Å². The summed E-state index contributed by atoms with van der Waals surface area (Å²) in [7, 11) is 0. The van der Waals surface area contributed by atoms with E-state index < -0.39 is 11.8 Å². The van der Waals surface area contributed by atoms with Crippen LogP contribution in [-0.4, -0.2) is 22.7 Å². The minimum atomic E-state index is -0.724. The number of nitrogens with one attached hydrogen (secondary N) is 2. The van der Waals surface area contributed by atoms with Gasteiger partial charge in [0, 0.05) is 21.2 Å². The summed E-state index contributed by atoms with van der Waals surface area (Å²) in [6.45, 7) is 3.80. The summed E-state index contributed by atoms with van der Waals surface area (Å²) < 4.78 is 0. The summed E-state index contributed by atoms with van der Waals surface area (Å²) >= 11 is 19.7. The Kier molecular flexibility index (Phi) is 6.45. The number of aryl methyl sites for hydroxylation is 2. The number of carbonyl (C=O) groups excluding carboxylic acids is 3. The molecule has 0 atom stereocenters. The van der Waals surface area contributed by atoms with Gasteiger partial charge in [-0.15, -0.1) is 11.3 Å². The zero-order chi connectivity index (χ0) is 23.9. The molecular formula is C22H15Cl3N4O3S. The Bertz CT molecular complexity index is 1320. The molecule has 0 saturated carbocycles. The molecule has 0 bridgehead atoms. The Morgan fingerprint density at radius 3 is 2.33 bits per heavy atom. The highest BCUT2D eigenvalue weighted by atomic mass is 35.5. The Labute approximate surface area is 208 Å². The van der Waals surface area contributed by atoms with Gasteiger partial charge < -0.3 is 5.32 Å². The van der Waals surface area contributed by atoms with Gasteiger partial charge in [0.1, 0.15) is 10.7 Å². The summed E-state index contributed by atoms with van der Waals surface area (Å²) in [6.07, 6.45) is 0. The molecule has 4 rings (SSSR count). The molecule has 2 heterocycles. The quantitative estimate of drug-likeness (QED) is 0.417. The van der Waals surface area contributed by atoms with Crippen molar-refractivity contribution in [3.63, 3.8) is 0 Å². The molecule has 2 aromatic carbocycles. The molecule has 0 aliphatic carbocycles. The van der Waals surface area contributed by atoms with Gasteiger partial charge in [-0.05, 0) is 56.3 Å². The second kappa shape index (κ2) is 9.15. The van der Waals surface area contributed by atoms with Crippen LogP contribution in [0.25, 0.3) is 0 Å². The first-order chi connectivity index (χ1) is 15.7. The number of rotatable bonds is 5. The topological polar surface area (TPSA) is 91.4 Å². The highest BCUT2D eigenvalue weighted by molar-refractivity contribution is 7.15. The van der Waals surface area contributed by atoms with E-state index >= 15 is 0 Å². The minimum Gasteiger partial charge on any atom is -0.350 e. The number of carbonyl (C=O) groups is 3. The summed E-state index contributed by atoms with van der Waals surface area (Å²) in [4.78, 5) is 44.2. The second-order valence-corrected chi connectivity index (χ2v) is 9.47. The van der Waals surface area contributed by atoms with Crippen LogP contribution in [0.3, 0.4) is 0 Å². The highest BCUT2D eigenvalue weighted by Crippen LogP contribution is 2.35. The lowest BCUT2D eigenvalue weighted by molar-refractivity contribution is -0.120. The molecule has 11 heteroatoms. The molecule has 3 amide bonds. The molecule has 0 spiro atoms. The number of hydrogen-bond acceptors (Lipinski definition) is 6. The van der Waals surface area contributed by atoms with Gasteiger partial charge in [0.2, 0.25) is 0 Å². The molecule has 1 aliphatic rings. The first-order valence-electron chi connectivity index (χ1n) is 9.52. The molecular weight excluding hydrogens is 507 g/mol. The zero-order valence-electron chi connectivity index (χ0n) is 17.2. The van der Waals surface area contributed by atoms with Crippen molar-refractivity contribution in [2.45, 2.75) is 13.8 Å². The first kappa shape index (κ1) is 23.3. The molecule has 0 fully saturated rings. The van der Waals surface area contributed by atoms with Crippen molar-refractivity contribution < 1.29 is 14.4 Å². The fraction of sp³-hybridized carbons (Fsp3) is 0.0909. The molecule has 2 N–H and O–H groups in total. The van der Waals surface area contributed by atoms with Crippen LogP contribution in [0.15, 0.2) is 53.2 Å². The number of halogens is 3. The molecule has 0 saturated heterocycles. The van der Waals surface area contributed by atoms with E-state index in [9.17, 15) is 14.4 Å². The average molecular weight is 522 g/mol. The fourth-order valence-electron chi connectivity index (χ4n) is 3.03. The van der Waals surface area contributed by atoms with E-state index in [0.717, 1.165) is 15.5 Å². The van der Waals surface area contributed by atoms with Crippen LogP contribution in [0.2, 0.25) is 10.0 Å². The normalized spacial score (nSPS) is 13.7. The standard InChI is InChI=1S/C22H15Cl3N4O3S/c1-10-11(2)33-22(26-10)28-19(30)12-3-6-14(7-4-12)27-18-17(25)20(31)29(21(18)32)16-9-13(23)5-8-15(16)24/h3-9,27H,1-2H3,(H,26,28,30). The van der Waals surface area contributed by atoms with Gasteiger partial charge in [-0.2, -0.15) is 0 Å². The molecule has 1 aromatic heterocycles. The van der Waals surface area contributed by atoms with Gasteiger partial charge >= 0.3 is 0 Å². The SMILES string of the molecule is Cc1nc(NC(=O)c2ccc(NC3=C(Cl)C(=O)N(c4cc(Cl)ccc4Cl)C3=O)cc2)sc1C. The number of imide groups is 1. The van der Waals surface area contributed by atoms with Crippen LogP contribution in [0.5, 0.6) is 0 Å². The molecule has 7 nitrogen and oxygen atoms in total. The van der Waals surface area contributed by atoms with Crippen molar-refractivity contribution in [3.8, 4) is 0 Å². The Balaban J connectivity index is 1.50. The zero-order valence-corrected chi connectivity index (χ0v) is 20.3. The summed E-state index contributed by atoms with van der Waals surface area (Å²) in [5.74, 6) is -1.72. The number of benzene rings is 2. The maximum absolute atomic E-state index is 12.9. The lowest BCUT2D eigenvalue weighted by atomic mass is 10.2. The summed E-state index contributed by atoms with van der Waals surface area (Å²) in [5.41, 5.74) is 1.74. The van der Waals surface area contributed by atoms with Gasteiger partial charge in [0.15, 0.2) is 5.13 Å². The van der Waals surface area contributed by atoms with Gasteiger partial charge in [-0.3, -0.25) is 19.7 Å². The van der Waals surface area contributed by atoms with E-state index in [1.54, 1.807) is 30.3 Å². The number of nitrogens with zero attached hydrogens (tertiary/aromatic N) is 2. The Hall–Kier alpha value is -2.91. The molecule has 0 radical (unpaired) electrons. The van der Waals surface area contributed by atoms with E-state index in [1.807, 2.05) is 13.8 Å². The molecule has 168 valence electrons. The molecule has 3 aromatic rings. The third kappa shape index (κ3) is 4.60. The summed E-state index contributed by atoms with van der Waals surface area (Å²) in [6, 6.07) is 10.8. The third-order valence-corrected chi connectivity index (χ3v) is 6.74. The number of anilines is 3. The van der Waals surface area contributed by atoms with E-state index in [-0.39, 0.29) is 27.3 Å². The molecule has 33 heavy (non-hydrogen) atoms. The van der Waals surface area contributed by atoms with E-state index in [2.05, 4.69) is 15.6 Å². The largest absolute Gasteiger partial charge is 0.350 e. The first-order valence-corrected chi connectivity index (χ1v) is 11.5. The maximum Gasteiger partial charge on any atom is 0.283 e. The minimum absolute atomic E-state index is 0.108. The van der Waals surface area contributed by atoms with Gasteiger partial charge in [-0.1, -0.05) is 34.8 Å². The van der Waals surface area contributed by atoms with Crippen molar-refractivity contribution in [2.75, 3.05) is 15.5 Å². The number of aromatic nitrogens is 1. The van der Waals surface area contributed by atoms with E-state index in [0.29, 0.717) is 21.4 Å². The van der Waals surface area contributed by atoms with Crippen molar-refractivity contribution in [1.82, 2.24) is 4.98 Å². The average Bonchev–Trinajstić information content (AvgIpc) is 3.20. The van der Waals surface area contributed by atoms with Crippen LogP contribution in [0.1, 0.15) is 20.9 Å². The van der Waals surface area contributed by atoms with Crippen LogP contribution < -0.4 is 15.5 Å². The van der Waals surface area contributed by atoms with Gasteiger partial charge in [-0.25, -0.2) is 9.88 Å².